The van der Waals surface area contributed by atoms with Gasteiger partial charge in [0.2, 0.25) is 0 Å². The molecule has 2 aliphatic rings. The first-order valence-electron chi connectivity index (χ1n) is 13.0. The second kappa shape index (κ2) is 11.9. The third kappa shape index (κ3) is 5.79. The van der Waals surface area contributed by atoms with Crippen LogP contribution in [0.2, 0.25) is 0 Å². The Morgan fingerprint density at radius 3 is 2.61 bits per heavy atom. The second-order valence-electron chi connectivity index (χ2n) is 9.69. The summed E-state index contributed by atoms with van der Waals surface area (Å²) in [6.07, 6.45) is 5.70. The van der Waals surface area contributed by atoms with Gasteiger partial charge in [0.1, 0.15) is 25.2 Å². The Kier molecular flexibility index (Phi) is 8.15. The van der Waals surface area contributed by atoms with Crippen LogP contribution in [0, 0.1) is 0 Å². The summed E-state index contributed by atoms with van der Waals surface area (Å²) >= 11 is 0. The van der Waals surface area contributed by atoms with Crippen LogP contribution in [0.3, 0.4) is 0 Å². The van der Waals surface area contributed by atoms with Crippen LogP contribution in [0.4, 0.5) is 0 Å². The van der Waals surface area contributed by atoms with Crippen molar-refractivity contribution in [3.05, 3.63) is 70.0 Å². The molecule has 2 aliphatic heterocycles. The van der Waals surface area contributed by atoms with Crippen LogP contribution in [0.5, 0.6) is 17.2 Å². The molecule has 0 unspecified atom stereocenters. The predicted octanol–water partition coefficient (Wildman–Crippen LogP) is 3.04. The van der Waals surface area contributed by atoms with Crippen molar-refractivity contribution in [3.8, 4) is 17.2 Å². The normalized spacial score (nSPS) is 16.4. The smallest absolute Gasteiger partial charge is 0.251 e. The molecule has 0 saturated carbocycles. The second-order valence-corrected chi connectivity index (χ2v) is 9.69. The summed E-state index contributed by atoms with van der Waals surface area (Å²) in [7, 11) is 8.09. The Balaban J connectivity index is 1.21. The number of likely N-dealkylation sites (tertiary alicyclic amines) is 1. The molecule has 8 nitrogen and oxygen atoms in total. The van der Waals surface area contributed by atoms with E-state index in [-0.39, 0.29) is 11.6 Å². The van der Waals surface area contributed by atoms with Crippen LogP contribution in [-0.4, -0.2) is 74.5 Å². The average Bonchev–Trinajstić information content (AvgIpc) is 2.95. The Bertz CT molecular complexity index is 1380. The maximum atomic E-state index is 13.0. The van der Waals surface area contributed by atoms with Gasteiger partial charge < -0.3 is 28.5 Å². The third-order valence-corrected chi connectivity index (χ3v) is 7.34. The molecule has 3 aromatic rings. The zero-order valence-electron chi connectivity index (χ0n) is 21.7. The van der Waals surface area contributed by atoms with Crippen molar-refractivity contribution in [2.75, 3.05) is 40.0 Å². The van der Waals surface area contributed by atoms with E-state index in [1.807, 2.05) is 41.2 Å². The van der Waals surface area contributed by atoms with Crippen LogP contribution in [0.25, 0.3) is 17.0 Å². The molecule has 0 N–H and O–H groups in total. The van der Waals surface area contributed by atoms with E-state index in [1.165, 1.54) is 6.08 Å². The molecule has 0 spiro atoms. The molecule has 1 fully saturated rings. The van der Waals surface area contributed by atoms with E-state index in [0.29, 0.717) is 38.3 Å². The molecule has 3 heterocycles. The molecule has 0 bridgehead atoms. The van der Waals surface area contributed by atoms with Gasteiger partial charge in [-0.1, -0.05) is 12.1 Å². The quantitative estimate of drug-likeness (QED) is 0.248. The number of rotatable bonds is 9. The SMILES string of the molecule is [B]N(Cc1ccc2c(c1)OCCO2)C1CCN(CCn2c(=O)cc(/C=C/C=O)c3ccc(OC)cc32)CC1. The number of carbonyl (C=O) groups is 1. The van der Waals surface area contributed by atoms with Gasteiger partial charge in [-0.2, -0.15) is 0 Å². The summed E-state index contributed by atoms with van der Waals surface area (Å²) in [5.74, 6) is 2.25. The number of aromatic nitrogens is 1. The van der Waals surface area contributed by atoms with Gasteiger partial charge in [0.05, 0.1) is 12.6 Å². The number of piperidine rings is 1. The minimum atomic E-state index is -0.0984. The number of hydrogen-bond acceptors (Lipinski definition) is 7. The number of ether oxygens (including phenoxy) is 3. The first kappa shape index (κ1) is 26.1. The number of allylic oxidation sites excluding steroid dienone is 1. The maximum Gasteiger partial charge on any atom is 0.251 e. The fraction of sp³-hybridized carbons (Fsp3) is 0.379. The van der Waals surface area contributed by atoms with E-state index in [1.54, 1.807) is 23.8 Å². The van der Waals surface area contributed by atoms with Gasteiger partial charge in [-0.15, -0.1) is 0 Å². The van der Waals surface area contributed by atoms with Gasteiger partial charge in [-0.25, -0.2) is 0 Å². The summed E-state index contributed by atoms with van der Waals surface area (Å²) in [6.45, 7) is 4.94. The number of pyridine rings is 1. The molecule has 1 aromatic heterocycles. The van der Waals surface area contributed by atoms with Crippen LogP contribution >= 0.6 is 0 Å². The van der Waals surface area contributed by atoms with E-state index in [4.69, 9.17) is 22.2 Å². The molecule has 2 aromatic carbocycles. The number of fused-ring (bicyclic) bond motifs is 2. The fourth-order valence-corrected chi connectivity index (χ4v) is 5.27. The van der Waals surface area contributed by atoms with E-state index in [2.05, 4.69) is 4.90 Å². The molecule has 5 rings (SSSR count). The van der Waals surface area contributed by atoms with Gasteiger partial charge in [-0.05, 0) is 67.4 Å². The lowest BCUT2D eigenvalue weighted by molar-refractivity contribution is -0.104. The predicted molar refractivity (Wildman–Crippen MR) is 148 cm³/mol. The summed E-state index contributed by atoms with van der Waals surface area (Å²) < 4.78 is 18.5. The van der Waals surface area contributed by atoms with Crippen LogP contribution in [0.15, 0.2) is 53.3 Å². The first-order chi connectivity index (χ1) is 18.6. The molecule has 2 radical (unpaired) electrons. The number of nitrogens with zero attached hydrogens (tertiary/aromatic N) is 3. The Morgan fingerprint density at radius 1 is 1.05 bits per heavy atom. The van der Waals surface area contributed by atoms with Crippen molar-refractivity contribution < 1.29 is 19.0 Å². The molecular formula is C29H32BN3O5. The molecule has 0 amide bonds. The van der Waals surface area contributed by atoms with Crippen molar-refractivity contribution >= 4 is 31.2 Å². The van der Waals surface area contributed by atoms with Crippen LogP contribution < -0.4 is 19.8 Å². The summed E-state index contributed by atoms with van der Waals surface area (Å²) in [4.78, 5) is 28.2. The lowest BCUT2D eigenvalue weighted by atomic mass is 9.99. The zero-order valence-corrected chi connectivity index (χ0v) is 21.7. The van der Waals surface area contributed by atoms with Gasteiger partial charge in [0.15, 0.2) is 19.5 Å². The maximum absolute atomic E-state index is 13.0. The molecular weight excluding hydrogens is 481 g/mol. The Labute approximate surface area is 223 Å². The van der Waals surface area contributed by atoms with Crippen LogP contribution in [-0.2, 0) is 17.9 Å². The van der Waals surface area contributed by atoms with Crippen molar-refractivity contribution in [1.82, 2.24) is 14.3 Å². The highest BCUT2D eigenvalue weighted by Gasteiger charge is 2.23. The van der Waals surface area contributed by atoms with Crippen molar-refractivity contribution in [2.24, 2.45) is 0 Å². The highest BCUT2D eigenvalue weighted by atomic mass is 16.6. The van der Waals surface area contributed by atoms with Crippen molar-refractivity contribution in [2.45, 2.75) is 32.0 Å². The molecule has 9 heteroatoms. The van der Waals surface area contributed by atoms with Gasteiger partial charge in [0.25, 0.3) is 5.56 Å². The highest BCUT2D eigenvalue weighted by molar-refractivity contribution is 6.04. The number of benzene rings is 2. The minimum absolute atomic E-state index is 0.0984. The Morgan fingerprint density at radius 2 is 1.84 bits per heavy atom. The molecule has 38 heavy (non-hydrogen) atoms. The summed E-state index contributed by atoms with van der Waals surface area (Å²) in [5, 5.41) is 0.903. The fourth-order valence-electron chi connectivity index (χ4n) is 5.27. The van der Waals surface area contributed by atoms with Gasteiger partial charge in [-0.3, -0.25) is 9.59 Å². The van der Waals surface area contributed by atoms with E-state index in [9.17, 15) is 9.59 Å². The van der Waals surface area contributed by atoms with Gasteiger partial charge >= 0.3 is 0 Å². The number of methoxy groups -OCH3 is 1. The van der Waals surface area contributed by atoms with E-state index >= 15 is 0 Å². The van der Waals surface area contributed by atoms with Gasteiger partial charge in [0, 0.05) is 43.2 Å². The lowest BCUT2D eigenvalue weighted by Crippen LogP contribution is -2.44. The zero-order chi connectivity index (χ0) is 26.5. The lowest BCUT2D eigenvalue weighted by Gasteiger charge is -2.37. The van der Waals surface area contributed by atoms with E-state index < -0.39 is 0 Å². The molecule has 0 aliphatic carbocycles. The number of carbonyl (C=O) groups excluding carboxylic acids is 1. The van der Waals surface area contributed by atoms with Crippen molar-refractivity contribution in [1.29, 1.82) is 0 Å². The van der Waals surface area contributed by atoms with Crippen molar-refractivity contribution in [3.63, 3.8) is 0 Å². The molecule has 0 atom stereocenters. The van der Waals surface area contributed by atoms with E-state index in [0.717, 1.165) is 66.0 Å². The van der Waals surface area contributed by atoms with Crippen LogP contribution in [0.1, 0.15) is 24.0 Å². The largest absolute Gasteiger partial charge is 0.497 e. The Hall–Kier alpha value is -3.56. The number of hydrogen-bond donors (Lipinski definition) is 0. The topological polar surface area (TPSA) is 73.2 Å². The third-order valence-electron chi connectivity index (χ3n) is 7.34. The monoisotopic (exact) mass is 513 g/mol. The number of aldehydes is 1. The molecule has 196 valence electrons. The first-order valence-corrected chi connectivity index (χ1v) is 13.0. The average molecular weight is 513 g/mol. The summed E-state index contributed by atoms with van der Waals surface area (Å²) in [6, 6.07) is 13.6. The standard InChI is InChI=1S/C29H32BN3O5/c1-36-24-5-6-25-22(3-2-14-34)18-29(35)32(26(25)19-24)13-12-31-10-8-23(9-11-31)33(30)20-21-4-7-27-28(17-21)38-16-15-37-27/h2-7,14,17-19,23H,8-13,15-16,20H2,1H3/b3-2+. The minimum Gasteiger partial charge on any atom is -0.497 e. The summed E-state index contributed by atoms with van der Waals surface area (Å²) in [5.41, 5.74) is 2.52. The molecule has 1 saturated heterocycles. The highest BCUT2D eigenvalue weighted by Crippen LogP contribution is 2.31.